The van der Waals surface area contributed by atoms with Gasteiger partial charge in [0.2, 0.25) is 5.91 Å². The molecule has 3 nitrogen and oxygen atoms in total. The minimum Gasteiger partial charge on any atom is -0.496 e. The maximum absolute atomic E-state index is 12.0. The average Bonchev–Trinajstić information content (AvgIpc) is 2.90. The van der Waals surface area contributed by atoms with Gasteiger partial charge in [0.1, 0.15) is 10.1 Å². The van der Waals surface area contributed by atoms with Crippen LogP contribution in [0.5, 0.6) is 5.75 Å². The Hall–Kier alpha value is -0.930. The summed E-state index contributed by atoms with van der Waals surface area (Å²) in [4.78, 5) is 12.0. The van der Waals surface area contributed by atoms with Gasteiger partial charge < -0.3 is 10.1 Å². The Morgan fingerprint density at radius 1 is 1.45 bits per heavy atom. The van der Waals surface area contributed by atoms with Crippen LogP contribution in [0, 0.1) is 12.3 Å². The number of ether oxygens (including phenoxy) is 1. The van der Waals surface area contributed by atoms with Gasteiger partial charge in [-0.3, -0.25) is 4.79 Å². The van der Waals surface area contributed by atoms with Gasteiger partial charge in [-0.2, -0.15) is 0 Å². The zero-order valence-electron chi connectivity index (χ0n) is 11.9. The summed E-state index contributed by atoms with van der Waals surface area (Å²) in [5.74, 6) is 0.751. The molecule has 1 aliphatic carbocycles. The second kappa shape index (κ2) is 5.45. The van der Waals surface area contributed by atoms with E-state index in [0.29, 0.717) is 19.4 Å². The first kappa shape index (κ1) is 15.5. The predicted octanol–water partition coefficient (Wildman–Crippen LogP) is 3.25. The number of benzene rings is 1. The van der Waals surface area contributed by atoms with Gasteiger partial charge in [0, 0.05) is 6.54 Å². The Balaban J connectivity index is 1.91. The van der Waals surface area contributed by atoms with Gasteiger partial charge in [0.05, 0.1) is 12.5 Å². The van der Waals surface area contributed by atoms with Gasteiger partial charge in [0.25, 0.3) is 0 Å². The number of carbonyl (C=O) groups excluding carboxylic acids is 1. The molecule has 1 aromatic carbocycles. The number of methoxy groups -OCH3 is 1. The Morgan fingerprint density at radius 2 is 2.10 bits per heavy atom. The fraction of sp³-hybridized carbons (Fsp3) is 0.533. The lowest BCUT2D eigenvalue weighted by atomic mass is 10.1. The van der Waals surface area contributed by atoms with E-state index in [9.17, 15) is 4.79 Å². The van der Waals surface area contributed by atoms with Crippen LogP contribution in [0.15, 0.2) is 18.2 Å². The predicted molar refractivity (Wildman–Crippen MR) is 81.6 cm³/mol. The molecule has 2 rings (SSSR count). The normalized spacial score (nSPS) is 23.2. The van der Waals surface area contributed by atoms with Crippen LogP contribution < -0.4 is 10.1 Å². The Bertz CT molecular complexity index is 531. The molecule has 1 saturated carbocycles. The molecule has 1 unspecified atom stereocenters. The smallest absolute Gasteiger partial charge is 0.229 e. The van der Waals surface area contributed by atoms with Gasteiger partial charge in [-0.15, -0.1) is 23.2 Å². The lowest BCUT2D eigenvalue weighted by molar-refractivity contribution is -0.125. The van der Waals surface area contributed by atoms with E-state index in [0.717, 1.165) is 11.3 Å². The number of hydrogen-bond acceptors (Lipinski definition) is 2. The van der Waals surface area contributed by atoms with Gasteiger partial charge >= 0.3 is 0 Å². The highest BCUT2D eigenvalue weighted by Crippen LogP contribution is 2.63. The van der Waals surface area contributed by atoms with E-state index < -0.39 is 9.75 Å². The van der Waals surface area contributed by atoms with Crippen LogP contribution in [0.2, 0.25) is 0 Å². The molecule has 20 heavy (non-hydrogen) atoms. The molecule has 0 heterocycles. The van der Waals surface area contributed by atoms with E-state index in [2.05, 4.69) is 11.4 Å². The lowest BCUT2D eigenvalue weighted by Gasteiger charge is -2.14. The van der Waals surface area contributed by atoms with Crippen LogP contribution in [-0.2, 0) is 11.2 Å². The van der Waals surface area contributed by atoms with Crippen LogP contribution in [0.25, 0.3) is 0 Å². The topological polar surface area (TPSA) is 38.3 Å². The minimum atomic E-state index is -0.919. The van der Waals surface area contributed by atoms with Gasteiger partial charge in [0.15, 0.2) is 0 Å². The molecule has 1 aromatic rings. The molecule has 1 aliphatic rings. The number of aryl methyl sites for hydroxylation is 1. The van der Waals surface area contributed by atoms with Crippen molar-refractivity contribution in [2.24, 2.45) is 5.41 Å². The second-order valence-corrected chi connectivity index (χ2v) is 7.02. The van der Waals surface area contributed by atoms with Crippen molar-refractivity contribution in [1.29, 1.82) is 0 Å². The summed E-state index contributed by atoms with van der Waals surface area (Å²) >= 11 is 12.0. The summed E-state index contributed by atoms with van der Waals surface area (Å²) in [5.41, 5.74) is 1.59. The van der Waals surface area contributed by atoms with Gasteiger partial charge in [-0.25, -0.2) is 0 Å². The molecule has 0 radical (unpaired) electrons. The quantitative estimate of drug-likeness (QED) is 0.847. The molecule has 0 aliphatic heterocycles. The van der Waals surface area contributed by atoms with E-state index in [-0.39, 0.29) is 5.91 Å². The highest BCUT2D eigenvalue weighted by Gasteiger charge is 2.67. The molecule has 1 N–H and O–H groups in total. The number of rotatable bonds is 5. The van der Waals surface area contributed by atoms with Crippen LogP contribution in [0.3, 0.4) is 0 Å². The van der Waals surface area contributed by atoms with Crippen molar-refractivity contribution in [2.45, 2.75) is 31.0 Å². The minimum absolute atomic E-state index is 0.0888. The maximum Gasteiger partial charge on any atom is 0.229 e. The van der Waals surface area contributed by atoms with Crippen molar-refractivity contribution in [3.63, 3.8) is 0 Å². The summed E-state index contributed by atoms with van der Waals surface area (Å²) in [5, 5.41) is 2.90. The first-order valence-electron chi connectivity index (χ1n) is 6.60. The fourth-order valence-corrected chi connectivity index (χ4v) is 2.96. The fourth-order valence-electron chi connectivity index (χ4n) is 2.25. The number of amides is 1. The standard InChI is InChI=1S/C15H19Cl2NO2/c1-10-4-5-12(20-3)11(8-10)6-7-18-13(19)14(2)9-15(14,16)17/h4-5,8H,6-7,9H2,1-3H3,(H,18,19). The Kier molecular flexibility index (Phi) is 4.22. The summed E-state index contributed by atoms with van der Waals surface area (Å²) in [7, 11) is 1.65. The number of carbonyl (C=O) groups is 1. The third-order valence-corrected chi connectivity index (χ3v) is 4.98. The summed E-state index contributed by atoms with van der Waals surface area (Å²) < 4.78 is 4.40. The number of alkyl halides is 2. The third-order valence-electron chi connectivity index (χ3n) is 3.87. The van der Waals surface area contributed by atoms with Gasteiger partial charge in [-0.1, -0.05) is 17.7 Å². The van der Waals surface area contributed by atoms with E-state index in [1.807, 2.05) is 19.1 Å². The van der Waals surface area contributed by atoms with Crippen molar-refractivity contribution >= 4 is 29.1 Å². The SMILES string of the molecule is COc1ccc(C)cc1CCNC(=O)C1(C)CC1(Cl)Cl. The van der Waals surface area contributed by atoms with E-state index in [4.69, 9.17) is 27.9 Å². The summed E-state index contributed by atoms with van der Waals surface area (Å²) in [6.07, 6.45) is 1.22. The number of hydrogen-bond donors (Lipinski definition) is 1. The molecular formula is C15H19Cl2NO2. The number of nitrogens with one attached hydrogen (secondary N) is 1. The van der Waals surface area contributed by atoms with Crippen LogP contribution >= 0.6 is 23.2 Å². The van der Waals surface area contributed by atoms with Crippen LogP contribution in [0.1, 0.15) is 24.5 Å². The van der Waals surface area contributed by atoms with Crippen molar-refractivity contribution in [2.75, 3.05) is 13.7 Å². The average molecular weight is 316 g/mol. The van der Waals surface area contributed by atoms with Crippen molar-refractivity contribution < 1.29 is 9.53 Å². The molecule has 0 spiro atoms. The first-order chi connectivity index (χ1) is 9.30. The molecule has 0 saturated heterocycles. The van der Waals surface area contributed by atoms with Gasteiger partial charge in [-0.05, 0) is 38.3 Å². The van der Waals surface area contributed by atoms with Crippen LogP contribution in [0.4, 0.5) is 0 Å². The first-order valence-corrected chi connectivity index (χ1v) is 7.35. The largest absolute Gasteiger partial charge is 0.496 e. The molecule has 5 heteroatoms. The summed E-state index contributed by atoms with van der Waals surface area (Å²) in [6, 6.07) is 6.01. The lowest BCUT2D eigenvalue weighted by Crippen LogP contribution is -2.34. The van der Waals surface area contributed by atoms with Crippen molar-refractivity contribution in [3.05, 3.63) is 29.3 Å². The second-order valence-electron chi connectivity index (χ2n) is 5.53. The van der Waals surface area contributed by atoms with E-state index in [1.165, 1.54) is 5.56 Å². The zero-order valence-corrected chi connectivity index (χ0v) is 13.4. The third kappa shape index (κ3) is 2.89. The molecule has 1 atom stereocenters. The molecular weight excluding hydrogens is 297 g/mol. The monoisotopic (exact) mass is 315 g/mol. The Morgan fingerprint density at radius 3 is 2.65 bits per heavy atom. The molecule has 0 aromatic heterocycles. The molecule has 1 fully saturated rings. The van der Waals surface area contributed by atoms with Crippen molar-refractivity contribution in [3.8, 4) is 5.75 Å². The zero-order chi connectivity index (χ0) is 15.0. The highest BCUT2D eigenvalue weighted by molar-refractivity contribution is 6.53. The van der Waals surface area contributed by atoms with E-state index >= 15 is 0 Å². The number of halogens is 2. The maximum atomic E-state index is 12.0. The van der Waals surface area contributed by atoms with Crippen LogP contribution in [-0.4, -0.2) is 23.9 Å². The van der Waals surface area contributed by atoms with Crippen molar-refractivity contribution in [1.82, 2.24) is 5.32 Å². The molecule has 110 valence electrons. The molecule has 0 bridgehead atoms. The summed E-state index contributed by atoms with van der Waals surface area (Å²) in [6.45, 7) is 4.36. The Labute approximate surface area is 129 Å². The van der Waals surface area contributed by atoms with E-state index in [1.54, 1.807) is 14.0 Å². The molecule has 1 amide bonds. The highest BCUT2D eigenvalue weighted by atomic mass is 35.5.